The molecular formula is C18H23NO2. The summed E-state index contributed by atoms with van der Waals surface area (Å²) in [6.07, 6.45) is -0.647. The molecule has 3 heteroatoms. The molecular weight excluding hydrogens is 262 g/mol. The van der Waals surface area contributed by atoms with E-state index in [1.165, 1.54) is 5.56 Å². The van der Waals surface area contributed by atoms with Gasteiger partial charge >= 0.3 is 0 Å². The van der Waals surface area contributed by atoms with Gasteiger partial charge in [0.1, 0.15) is 5.75 Å². The molecule has 0 aromatic heterocycles. The predicted molar refractivity (Wildman–Crippen MR) is 85.7 cm³/mol. The first-order valence-corrected chi connectivity index (χ1v) is 7.16. The lowest BCUT2D eigenvalue weighted by Crippen LogP contribution is -2.20. The van der Waals surface area contributed by atoms with Crippen LogP contribution in [0.2, 0.25) is 0 Å². The summed E-state index contributed by atoms with van der Waals surface area (Å²) in [5.74, 6) is 0.656. The molecule has 0 saturated heterocycles. The van der Waals surface area contributed by atoms with Crippen molar-refractivity contribution >= 4 is 0 Å². The number of aliphatic hydroxyl groups is 1. The van der Waals surface area contributed by atoms with Gasteiger partial charge in [-0.1, -0.05) is 42.0 Å². The lowest BCUT2D eigenvalue weighted by Gasteiger charge is -2.23. The molecule has 0 heterocycles. The zero-order valence-electron chi connectivity index (χ0n) is 12.8. The van der Waals surface area contributed by atoms with Gasteiger partial charge in [0.15, 0.2) is 0 Å². The first kappa shape index (κ1) is 15.5. The Morgan fingerprint density at radius 1 is 1.10 bits per heavy atom. The molecule has 0 aliphatic heterocycles. The van der Waals surface area contributed by atoms with Crippen LogP contribution in [0, 0.1) is 13.8 Å². The molecule has 0 spiro atoms. The van der Waals surface area contributed by atoms with Crippen molar-refractivity contribution in [2.45, 2.75) is 25.9 Å². The van der Waals surface area contributed by atoms with Crippen LogP contribution in [-0.2, 0) is 0 Å². The Morgan fingerprint density at radius 2 is 1.86 bits per heavy atom. The summed E-state index contributed by atoms with van der Waals surface area (Å²) in [7, 11) is 1.64. The summed E-state index contributed by atoms with van der Waals surface area (Å²) in [6.45, 7) is 4.41. The third-order valence-electron chi connectivity index (χ3n) is 3.88. The number of aryl methyl sites for hydroxylation is 2. The standard InChI is InChI=1S/C18H23NO2/c1-12-5-4-6-14(9-12)16(11-19)18(20)15-8-7-13(2)17(10-15)21-3/h4-10,16,18,20H,11,19H2,1-3H3. The Labute approximate surface area is 126 Å². The van der Waals surface area contributed by atoms with Gasteiger partial charge in [0, 0.05) is 12.5 Å². The minimum atomic E-state index is -0.647. The van der Waals surface area contributed by atoms with E-state index in [2.05, 4.69) is 6.07 Å². The fourth-order valence-electron chi connectivity index (χ4n) is 2.60. The smallest absolute Gasteiger partial charge is 0.122 e. The van der Waals surface area contributed by atoms with Gasteiger partial charge in [-0.3, -0.25) is 0 Å². The van der Waals surface area contributed by atoms with Gasteiger partial charge < -0.3 is 15.6 Å². The molecule has 0 radical (unpaired) electrons. The third-order valence-corrected chi connectivity index (χ3v) is 3.88. The van der Waals surface area contributed by atoms with Crippen molar-refractivity contribution in [1.29, 1.82) is 0 Å². The van der Waals surface area contributed by atoms with E-state index in [1.54, 1.807) is 7.11 Å². The Hall–Kier alpha value is -1.84. The predicted octanol–water partition coefficient (Wildman–Crippen LogP) is 3.09. The summed E-state index contributed by atoms with van der Waals surface area (Å²) in [5, 5.41) is 10.7. The van der Waals surface area contributed by atoms with Crippen LogP contribution in [-0.4, -0.2) is 18.8 Å². The summed E-state index contributed by atoms with van der Waals surface area (Å²) < 4.78 is 5.33. The van der Waals surface area contributed by atoms with Crippen molar-refractivity contribution in [2.24, 2.45) is 5.73 Å². The van der Waals surface area contributed by atoms with Crippen molar-refractivity contribution in [3.63, 3.8) is 0 Å². The highest BCUT2D eigenvalue weighted by atomic mass is 16.5. The van der Waals surface area contributed by atoms with Gasteiger partial charge in [0.25, 0.3) is 0 Å². The minimum absolute atomic E-state index is 0.127. The zero-order valence-corrected chi connectivity index (χ0v) is 12.8. The fourth-order valence-corrected chi connectivity index (χ4v) is 2.60. The van der Waals surface area contributed by atoms with Gasteiger partial charge in [-0.2, -0.15) is 0 Å². The van der Waals surface area contributed by atoms with Crippen molar-refractivity contribution in [3.8, 4) is 5.75 Å². The van der Waals surface area contributed by atoms with Gasteiger partial charge in [-0.15, -0.1) is 0 Å². The van der Waals surface area contributed by atoms with Gasteiger partial charge in [0.2, 0.25) is 0 Å². The van der Waals surface area contributed by atoms with Crippen LogP contribution in [0.3, 0.4) is 0 Å². The van der Waals surface area contributed by atoms with Crippen LogP contribution < -0.4 is 10.5 Å². The molecule has 0 saturated carbocycles. The van der Waals surface area contributed by atoms with E-state index in [0.29, 0.717) is 6.54 Å². The zero-order chi connectivity index (χ0) is 15.4. The second kappa shape index (κ2) is 6.74. The van der Waals surface area contributed by atoms with E-state index in [1.807, 2.05) is 50.2 Å². The van der Waals surface area contributed by atoms with E-state index in [-0.39, 0.29) is 5.92 Å². The quantitative estimate of drug-likeness (QED) is 0.887. The highest BCUT2D eigenvalue weighted by Gasteiger charge is 2.22. The number of methoxy groups -OCH3 is 1. The maximum absolute atomic E-state index is 10.7. The summed E-state index contributed by atoms with van der Waals surface area (Å²) in [6, 6.07) is 13.9. The van der Waals surface area contributed by atoms with Crippen molar-refractivity contribution in [2.75, 3.05) is 13.7 Å². The van der Waals surface area contributed by atoms with Gasteiger partial charge in [-0.05, 0) is 36.6 Å². The van der Waals surface area contributed by atoms with Crippen LogP contribution >= 0.6 is 0 Å². The summed E-state index contributed by atoms with van der Waals surface area (Å²) >= 11 is 0. The lowest BCUT2D eigenvalue weighted by molar-refractivity contribution is 0.147. The molecule has 2 aromatic carbocycles. The van der Waals surface area contributed by atoms with Crippen LogP contribution in [0.15, 0.2) is 42.5 Å². The van der Waals surface area contributed by atoms with E-state index >= 15 is 0 Å². The molecule has 3 nitrogen and oxygen atoms in total. The lowest BCUT2D eigenvalue weighted by atomic mass is 9.88. The molecule has 2 rings (SSSR count). The third kappa shape index (κ3) is 3.43. The van der Waals surface area contributed by atoms with Crippen LogP contribution in [0.1, 0.15) is 34.3 Å². The van der Waals surface area contributed by atoms with Gasteiger partial charge in [-0.25, -0.2) is 0 Å². The van der Waals surface area contributed by atoms with Crippen molar-refractivity contribution in [3.05, 3.63) is 64.7 Å². The normalized spacial score (nSPS) is 13.8. The Morgan fingerprint density at radius 3 is 2.48 bits per heavy atom. The van der Waals surface area contributed by atoms with E-state index < -0.39 is 6.10 Å². The molecule has 0 bridgehead atoms. The second-order valence-corrected chi connectivity index (χ2v) is 5.43. The highest BCUT2D eigenvalue weighted by Crippen LogP contribution is 2.33. The van der Waals surface area contributed by atoms with E-state index in [0.717, 1.165) is 22.4 Å². The number of rotatable bonds is 5. The first-order chi connectivity index (χ1) is 10.1. The molecule has 3 N–H and O–H groups in total. The van der Waals surface area contributed by atoms with E-state index in [4.69, 9.17) is 10.5 Å². The van der Waals surface area contributed by atoms with Crippen LogP contribution in [0.5, 0.6) is 5.75 Å². The molecule has 2 atom stereocenters. The maximum Gasteiger partial charge on any atom is 0.122 e. The summed E-state index contributed by atoms with van der Waals surface area (Å²) in [5.41, 5.74) is 10.0. The van der Waals surface area contributed by atoms with Crippen molar-refractivity contribution < 1.29 is 9.84 Å². The molecule has 0 amide bonds. The SMILES string of the molecule is COc1cc(C(O)C(CN)c2cccc(C)c2)ccc1C. The molecule has 21 heavy (non-hydrogen) atoms. The molecule has 0 aliphatic carbocycles. The second-order valence-electron chi connectivity index (χ2n) is 5.43. The maximum atomic E-state index is 10.7. The number of nitrogens with two attached hydrogens (primary N) is 1. The molecule has 2 unspecified atom stereocenters. The van der Waals surface area contributed by atoms with Gasteiger partial charge in [0.05, 0.1) is 13.2 Å². The monoisotopic (exact) mass is 285 g/mol. The molecule has 0 fully saturated rings. The first-order valence-electron chi connectivity index (χ1n) is 7.16. The Balaban J connectivity index is 2.34. The largest absolute Gasteiger partial charge is 0.496 e. The molecule has 0 aliphatic rings. The molecule has 112 valence electrons. The van der Waals surface area contributed by atoms with Crippen LogP contribution in [0.25, 0.3) is 0 Å². The summed E-state index contributed by atoms with van der Waals surface area (Å²) in [4.78, 5) is 0. The van der Waals surface area contributed by atoms with E-state index in [9.17, 15) is 5.11 Å². The average molecular weight is 285 g/mol. The number of ether oxygens (including phenoxy) is 1. The molecule has 2 aromatic rings. The van der Waals surface area contributed by atoms with Crippen molar-refractivity contribution in [1.82, 2.24) is 0 Å². The Bertz CT molecular complexity index is 610. The number of benzene rings is 2. The average Bonchev–Trinajstić information content (AvgIpc) is 2.48. The number of hydrogen-bond acceptors (Lipinski definition) is 3. The minimum Gasteiger partial charge on any atom is -0.496 e. The number of aliphatic hydroxyl groups excluding tert-OH is 1. The fraction of sp³-hybridized carbons (Fsp3) is 0.333. The number of hydrogen-bond donors (Lipinski definition) is 2. The van der Waals surface area contributed by atoms with Crippen LogP contribution in [0.4, 0.5) is 0 Å². The Kier molecular flexibility index (Phi) is 4.99. The highest BCUT2D eigenvalue weighted by molar-refractivity contribution is 5.39. The topological polar surface area (TPSA) is 55.5 Å².